The molecule has 0 heterocycles. The predicted octanol–water partition coefficient (Wildman–Crippen LogP) is 2.80. The molecule has 8 nitrogen and oxygen atoms in total. The second-order valence-electron chi connectivity index (χ2n) is 5.11. The molecule has 2 rings (SSSR count). The SMILES string of the molecule is COc1ccc(OC)c(S(=O)(=O)N/N=C/c2cc(Br)c(OC)c(OC)c2)c1. The van der Waals surface area contributed by atoms with Gasteiger partial charge >= 0.3 is 0 Å². The van der Waals surface area contributed by atoms with Crippen LogP contribution in [0.15, 0.2) is 44.8 Å². The summed E-state index contributed by atoms with van der Waals surface area (Å²) in [6, 6.07) is 7.83. The number of nitrogens with zero attached hydrogens (tertiary/aromatic N) is 1. The first-order valence-corrected chi connectivity index (χ1v) is 9.82. The fraction of sp³-hybridized carbons (Fsp3) is 0.235. The van der Waals surface area contributed by atoms with E-state index in [1.165, 1.54) is 46.8 Å². The maximum atomic E-state index is 12.5. The monoisotopic (exact) mass is 458 g/mol. The molecule has 0 unspecified atom stereocenters. The molecule has 0 radical (unpaired) electrons. The number of hydrogen-bond acceptors (Lipinski definition) is 7. The fourth-order valence-electron chi connectivity index (χ4n) is 2.23. The molecular weight excluding hydrogens is 440 g/mol. The Bertz CT molecular complexity index is 947. The van der Waals surface area contributed by atoms with Gasteiger partial charge in [0.1, 0.15) is 16.4 Å². The summed E-state index contributed by atoms with van der Waals surface area (Å²) >= 11 is 3.37. The van der Waals surface area contributed by atoms with Gasteiger partial charge in [-0.25, -0.2) is 0 Å². The zero-order chi connectivity index (χ0) is 20.0. The molecule has 0 aliphatic heterocycles. The molecule has 0 aliphatic rings. The molecule has 2 aromatic carbocycles. The summed E-state index contributed by atoms with van der Waals surface area (Å²) < 4.78 is 46.4. The molecule has 0 bridgehead atoms. The summed E-state index contributed by atoms with van der Waals surface area (Å²) in [7, 11) is 1.88. The Balaban J connectivity index is 2.29. The van der Waals surface area contributed by atoms with Crippen molar-refractivity contribution in [2.45, 2.75) is 4.90 Å². The summed E-state index contributed by atoms with van der Waals surface area (Å²) in [6.07, 6.45) is 1.34. The van der Waals surface area contributed by atoms with Gasteiger partial charge in [-0.15, -0.1) is 0 Å². The molecule has 0 spiro atoms. The first-order chi connectivity index (χ1) is 12.9. The van der Waals surface area contributed by atoms with Crippen LogP contribution in [0.5, 0.6) is 23.0 Å². The lowest BCUT2D eigenvalue weighted by Gasteiger charge is -2.11. The van der Waals surface area contributed by atoms with Crippen molar-refractivity contribution in [2.24, 2.45) is 5.10 Å². The van der Waals surface area contributed by atoms with Gasteiger partial charge < -0.3 is 18.9 Å². The van der Waals surface area contributed by atoms with Gasteiger partial charge in [0, 0.05) is 6.07 Å². The van der Waals surface area contributed by atoms with Crippen molar-refractivity contribution in [3.05, 3.63) is 40.4 Å². The molecule has 0 aromatic heterocycles. The molecule has 146 valence electrons. The molecule has 1 N–H and O–H groups in total. The van der Waals surface area contributed by atoms with Crippen molar-refractivity contribution < 1.29 is 27.4 Å². The van der Waals surface area contributed by atoms with Crippen LogP contribution in [0.3, 0.4) is 0 Å². The van der Waals surface area contributed by atoms with Gasteiger partial charge in [-0.3, -0.25) is 0 Å². The van der Waals surface area contributed by atoms with Crippen molar-refractivity contribution in [1.29, 1.82) is 0 Å². The lowest BCUT2D eigenvalue weighted by molar-refractivity contribution is 0.353. The summed E-state index contributed by atoms with van der Waals surface area (Å²) in [4.78, 5) is 2.07. The molecule has 27 heavy (non-hydrogen) atoms. The number of rotatable bonds is 8. The van der Waals surface area contributed by atoms with E-state index in [9.17, 15) is 8.42 Å². The number of hydrazone groups is 1. The van der Waals surface area contributed by atoms with E-state index in [0.717, 1.165) is 0 Å². The number of benzene rings is 2. The number of sulfonamides is 1. The van der Waals surface area contributed by atoms with Gasteiger partial charge in [0.25, 0.3) is 10.0 Å². The van der Waals surface area contributed by atoms with Crippen LogP contribution in [0.25, 0.3) is 0 Å². The first kappa shape index (κ1) is 20.8. The molecule has 0 amide bonds. The number of methoxy groups -OCH3 is 4. The van der Waals surface area contributed by atoms with Crippen LogP contribution in [0.4, 0.5) is 0 Å². The van der Waals surface area contributed by atoms with Crippen LogP contribution in [-0.2, 0) is 10.0 Å². The minimum absolute atomic E-state index is 0.0880. The number of nitrogens with one attached hydrogen (secondary N) is 1. The normalized spacial score (nSPS) is 11.3. The smallest absolute Gasteiger partial charge is 0.280 e. The Hall–Kier alpha value is -2.46. The highest BCUT2D eigenvalue weighted by Crippen LogP contribution is 2.35. The molecule has 0 aliphatic carbocycles. The average molecular weight is 459 g/mol. The number of ether oxygens (including phenoxy) is 4. The second-order valence-corrected chi connectivity index (χ2v) is 7.59. The van der Waals surface area contributed by atoms with Crippen LogP contribution in [0.1, 0.15) is 5.56 Å². The van der Waals surface area contributed by atoms with Gasteiger partial charge in [-0.05, 0) is 45.8 Å². The summed E-state index contributed by atoms with van der Waals surface area (Å²) in [5, 5.41) is 3.82. The van der Waals surface area contributed by atoms with E-state index in [-0.39, 0.29) is 10.6 Å². The van der Waals surface area contributed by atoms with Crippen molar-refractivity contribution in [1.82, 2.24) is 4.83 Å². The average Bonchev–Trinajstić information content (AvgIpc) is 2.66. The Morgan fingerprint density at radius 3 is 2.26 bits per heavy atom. The van der Waals surface area contributed by atoms with Gasteiger partial charge in [0.05, 0.1) is 39.1 Å². The second kappa shape index (κ2) is 8.96. The minimum atomic E-state index is -3.96. The van der Waals surface area contributed by atoms with Crippen LogP contribution < -0.4 is 23.8 Å². The van der Waals surface area contributed by atoms with E-state index < -0.39 is 10.0 Å². The van der Waals surface area contributed by atoms with Gasteiger partial charge in [-0.2, -0.15) is 18.4 Å². The largest absolute Gasteiger partial charge is 0.497 e. The van der Waals surface area contributed by atoms with E-state index >= 15 is 0 Å². The van der Waals surface area contributed by atoms with E-state index in [1.807, 2.05) is 0 Å². The number of halogens is 1. The van der Waals surface area contributed by atoms with Crippen LogP contribution in [-0.4, -0.2) is 43.1 Å². The third kappa shape index (κ3) is 4.83. The van der Waals surface area contributed by atoms with Crippen LogP contribution >= 0.6 is 15.9 Å². The minimum Gasteiger partial charge on any atom is -0.497 e. The van der Waals surface area contributed by atoms with Crippen molar-refractivity contribution >= 4 is 32.2 Å². The lowest BCUT2D eigenvalue weighted by atomic mass is 10.2. The molecule has 0 saturated carbocycles. The van der Waals surface area contributed by atoms with Crippen molar-refractivity contribution in [3.63, 3.8) is 0 Å². The maximum Gasteiger partial charge on any atom is 0.280 e. The summed E-state index contributed by atoms with van der Waals surface area (Å²) in [5.41, 5.74) is 0.597. The topological polar surface area (TPSA) is 95.5 Å². The van der Waals surface area contributed by atoms with Gasteiger partial charge in [0.15, 0.2) is 11.5 Å². The quantitative estimate of drug-likeness (QED) is 0.482. The third-order valence-corrected chi connectivity index (χ3v) is 5.34. The highest BCUT2D eigenvalue weighted by molar-refractivity contribution is 9.10. The van der Waals surface area contributed by atoms with E-state index in [0.29, 0.717) is 27.3 Å². The predicted molar refractivity (Wildman–Crippen MR) is 105 cm³/mol. The standard InChI is InChI=1S/C17H19BrN2O6S/c1-23-12-5-6-14(24-2)16(9-12)27(21,22)20-19-10-11-7-13(18)17(26-4)15(8-11)25-3/h5-10,20H,1-4H3/b19-10+. The molecular formula is C17H19BrN2O6S. The maximum absolute atomic E-state index is 12.5. The molecule has 0 fully saturated rings. The Morgan fingerprint density at radius 2 is 1.67 bits per heavy atom. The zero-order valence-electron chi connectivity index (χ0n) is 15.1. The fourth-order valence-corrected chi connectivity index (χ4v) is 3.82. The van der Waals surface area contributed by atoms with Gasteiger partial charge in [0.2, 0.25) is 0 Å². The third-order valence-electron chi connectivity index (χ3n) is 3.50. The van der Waals surface area contributed by atoms with Gasteiger partial charge in [-0.1, -0.05) is 0 Å². The van der Waals surface area contributed by atoms with E-state index in [4.69, 9.17) is 18.9 Å². The molecule has 2 aromatic rings. The van der Waals surface area contributed by atoms with Crippen molar-refractivity contribution in [3.8, 4) is 23.0 Å². The van der Waals surface area contributed by atoms with Crippen LogP contribution in [0, 0.1) is 0 Å². The first-order valence-electron chi connectivity index (χ1n) is 7.54. The molecule has 0 saturated heterocycles. The summed E-state index contributed by atoms with van der Waals surface area (Å²) in [6.45, 7) is 0. The van der Waals surface area contributed by atoms with Crippen LogP contribution in [0.2, 0.25) is 0 Å². The lowest BCUT2D eigenvalue weighted by Crippen LogP contribution is -2.19. The van der Waals surface area contributed by atoms with E-state index in [2.05, 4.69) is 25.9 Å². The van der Waals surface area contributed by atoms with Crippen molar-refractivity contribution in [2.75, 3.05) is 28.4 Å². The number of hydrogen-bond donors (Lipinski definition) is 1. The van der Waals surface area contributed by atoms with E-state index in [1.54, 1.807) is 18.2 Å². The summed E-state index contributed by atoms with van der Waals surface area (Å²) in [5.74, 6) is 1.55. The molecule has 0 atom stereocenters. The highest BCUT2D eigenvalue weighted by atomic mass is 79.9. The Labute approximate surface area is 166 Å². The highest BCUT2D eigenvalue weighted by Gasteiger charge is 2.20. The zero-order valence-corrected chi connectivity index (χ0v) is 17.5. The Morgan fingerprint density at radius 1 is 0.963 bits per heavy atom. The molecule has 10 heteroatoms. The Kier molecular flexibility index (Phi) is 6.92.